The van der Waals surface area contributed by atoms with Crippen molar-refractivity contribution in [2.75, 3.05) is 6.61 Å². The summed E-state index contributed by atoms with van der Waals surface area (Å²) in [6.45, 7) is 2.16. The lowest BCUT2D eigenvalue weighted by Gasteiger charge is -2.00. The maximum absolute atomic E-state index is 11.9. The normalized spacial score (nSPS) is 14.4. The van der Waals surface area contributed by atoms with E-state index in [4.69, 9.17) is 4.74 Å². The van der Waals surface area contributed by atoms with Gasteiger partial charge in [-0.3, -0.25) is 4.98 Å². The first-order chi connectivity index (χ1) is 9.29. The summed E-state index contributed by atoms with van der Waals surface area (Å²) in [7, 11) is 0. The standard InChI is InChI=1S/C14H15N3O2/c1-2-19-14(18)12-11(9-5-6-9)16-13(17-12)10-4-3-7-15-8-10/h3-4,7-9H,2,5-6H2,1H3,(H,16,17). The molecule has 1 N–H and O–H groups in total. The van der Waals surface area contributed by atoms with Crippen molar-refractivity contribution < 1.29 is 9.53 Å². The number of nitrogens with one attached hydrogen (secondary N) is 1. The first-order valence-electron chi connectivity index (χ1n) is 6.47. The third kappa shape index (κ3) is 2.36. The third-order valence-corrected chi connectivity index (χ3v) is 3.11. The Bertz CT molecular complexity index is 588. The van der Waals surface area contributed by atoms with Gasteiger partial charge >= 0.3 is 5.97 Å². The minimum atomic E-state index is -0.327. The van der Waals surface area contributed by atoms with Gasteiger partial charge in [0.15, 0.2) is 0 Å². The Morgan fingerprint density at radius 1 is 1.53 bits per heavy atom. The lowest BCUT2D eigenvalue weighted by atomic mass is 10.2. The Labute approximate surface area is 111 Å². The molecule has 0 saturated heterocycles. The van der Waals surface area contributed by atoms with E-state index in [0.717, 1.165) is 24.1 Å². The molecule has 1 saturated carbocycles. The summed E-state index contributed by atoms with van der Waals surface area (Å²) in [4.78, 5) is 23.6. The molecule has 0 spiro atoms. The lowest BCUT2D eigenvalue weighted by molar-refractivity contribution is 0.0519. The quantitative estimate of drug-likeness (QED) is 0.854. The maximum atomic E-state index is 11.9. The van der Waals surface area contributed by atoms with Crippen LogP contribution in [0.2, 0.25) is 0 Å². The second-order valence-electron chi connectivity index (χ2n) is 4.58. The maximum Gasteiger partial charge on any atom is 0.356 e. The molecule has 2 aromatic heterocycles. The zero-order valence-electron chi connectivity index (χ0n) is 10.7. The van der Waals surface area contributed by atoms with Gasteiger partial charge in [0, 0.05) is 23.9 Å². The minimum Gasteiger partial charge on any atom is -0.461 e. The fourth-order valence-electron chi connectivity index (χ4n) is 2.04. The van der Waals surface area contributed by atoms with Crippen molar-refractivity contribution in [3.8, 4) is 11.4 Å². The van der Waals surface area contributed by atoms with Crippen LogP contribution in [0.5, 0.6) is 0 Å². The van der Waals surface area contributed by atoms with E-state index in [-0.39, 0.29) is 5.97 Å². The predicted molar refractivity (Wildman–Crippen MR) is 69.8 cm³/mol. The number of nitrogens with zero attached hydrogens (tertiary/aromatic N) is 2. The topological polar surface area (TPSA) is 67.9 Å². The average molecular weight is 257 g/mol. The smallest absolute Gasteiger partial charge is 0.356 e. The molecule has 0 atom stereocenters. The molecule has 1 aliphatic rings. The number of H-pyrrole nitrogens is 1. The molecule has 1 fully saturated rings. The number of hydrogen-bond donors (Lipinski definition) is 1. The van der Waals surface area contributed by atoms with Gasteiger partial charge < -0.3 is 9.72 Å². The van der Waals surface area contributed by atoms with E-state index in [1.807, 2.05) is 12.1 Å². The van der Waals surface area contributed by atoms with Crippen molar-refractivity contribution in [1.29, 1.82) is 0 Å². The van der Waals surface area contributed by atoms with Crippen LogP contribution in [0.1, 0.15) is 41.9 Å². The number of rotatable bonds is 4. The highest BCUT2D eigenvalue weighted by Crippen LogP contribution is 2.41. The van der Waals surface area contributed by atoms with Crippen LogP contribution in [0, 0.1) is 0 Å². The third-order valence-electron chi connectivity index (χ3n) is 3.11. The zero-order chi connectivity index (χ0) is 13.2. The highest BCUT2D eigenvalue weighted by molar-refractivity contribution is 5.89. The van der Waals surface area contributed by atoms with Crippen molar-refractivity contribution in [1.82, 2.24) is 15.0 Å². The van der Waals surface area contributed by atoms with Crippen molar-refractivity contribution in [2.45, 2.75) is 25.7 Å². The molecule has 98 valence electrons. The van der Waals surface area contributed by atoms with Crippen LogP contribution < -0.4 is 0 Å². The van der Waals surface area contributed by atoms with E-state index >= 15 is 0 Å². The molecule has 0 amide bonds. The summed E-state index contributed by atoms with van der Waals surface area (Å²) >= 11 is 0. The monoisotopic (exact) mass is 257 g/mol. The van der Waals surface area contributed by atoms with Gasteiger partial charge in [0.25, 0.3) is 0 Å². The van der Waals surface area contributed by atoms with Crippen LogP contribution >= 0.6 is 0 Å². The van der Waals surface area contributed by atoms with Crippen LogP contribution in [0.4, 0.5) is 0 Å². The molecule has 1 aliphatic carbocycles. The second-order valence-corrected chi connectivity index (χ2v) is 4.58. The van der Waals surface area contributed by atoms with Crippen LogP contribution in [-0.2, 0) is 4.74 Å². The summed E-state index contributed by atoms with van der Waals surface area (Å²) < 4.78 is 5.07. The molecule has 19 heavy (non-hydrogen) atoms. The zero-order valence-corrected chi connectivity index (χ0v) is 10.7. The van der Waals surface area contributed by atoms with Crippen molar-refractivity contribution >= 4 is 5.97 Å². The van der Waals surface area contributed by atoms with Gasteiger partial charge in [0.2, 0.25) is 0 Å². The number of ether oxygens (including phenoxy) is 1. The number of imidazole rings is 1. The van der Waals surface area contributed by atoms with Crippen molar-refractivity contribution in [2.24, 2.45) is 0 Å². The molecule has 0 aromatic carbocycles. The summed E-state index contributed by atoms with van der Waals surface area (Å²) in [5, 5.41) is 0. The highest BCUT2D eigenvalue weighted by atomic mass is 16.5. The Hall–Kier alpha value is -2.17. The summed E-state index contributed by atoms with van der Waals surface area (Å²) in [5.41, 5.74) is 2.19. The van der Waals surface area contributed by atoms with Gasteiger partial charge in [-0.25, -0.2) is 9.78 Å². The van der Waals surface area contributed by atoms with Gasteiger partial charge in [-0.15, -0.1) is 0 Å². The molecule has 2 heterocycles. The average Bonchev–Trinajstić information content (AvgIpc) is 3.19. The summed E-state index contributed by atoms with van der Waals surface area (Å²) in [5.74, 6) is 0.742. The Kier molecular flexibility index (Phi) is 3.03. The molecule has 0 unspecified atom stereocenters. The van der Waals surface area contributed by atoms with E-state index in [2.05, 4.69) is 15.0 Å². The molecule has 0 radical (unpaired) electrons. The van der Waals surface area contributed by atoms with Crippen LogP contribution in [0.25, 0.3) is 11.4 Å². The lowest BCUT2D eigenvalue weighted by Crippen LogP contribution is -2.07. The molecule has 5 heteroatoms. The Morgan fingerprint density at radius 2 is 2.37 bits per heavy atom. The first kappa shape index (κ1) is 11.9. The highest BCUT2D eigenvalue weighted by Gasteiger charge is 2.32. The Balaban J connectivity index is 1.99. The molecular formula is C14H15N3O2. The molecule has 0 bridgehead atoms. The van der Waals surface area contributed by atoms with E-state index in [1.165, 1.54) is 0 Å². The van der Waals surface area contributed by atoms with Gasteiger partial charge in [-0.05, 0) is 31.9 Å². The number of hydrogen-bond acceptors (Lipinski definition) is 4. The predicted octanol–water partition coefficient (Wildman–Crippen LogP) is 2.53. The van der Waals surface area contributed by atoms with Crippen LogP contribution in [0.15, 0.2) is 24.5 Å². The van der Waals surface area contributed by atoms with Gasteiger partial charge in [-0.1, -0.05) is 0 Å². The SMILES string of the molecule is CCOC(=O)c1[nH]c(-c2cccnc2)nc1C1CC1. The molecule has 3 rings (SSSR count). The molecule has 2 aromatic rings. The minimum absolute atomic E-state index is 0.327. The number of aromatic nitrogens is 3. The first-order valence-corrected chi connectivity index (χ1v) is 6.47. The fraction of sp³-hybridized carbons (Fsp3) is 0.357. The van der Waals surface area contributed by atoms with Gasteiger partial charge in [0.05, 0.1) is 12.3 Å². The molecular weight excluding hydrogens is 242 g/mol. The van der Waals surface area contributed by atoms with Crippen molar-refractivity contribution in [3.63, 3.8) is 0 Å². The summed E-state index contributed by atoms with van der Waals surface area (Å²) in [6.07, 6.45) is 5.61. The molecule has 0 aliphatic heterocycles. The number of pyridine rings is 1. The number of carbonyl (C=O) groups is 1. The number of carbonyl (C=O) groups excluding carboxylic acids is 1. The van der Waals surface area contributed by atoms with E-state index < -0.39 is 0 Å². The largest absolute Gasteiger partial charge is 0.461 e. The fourth-order valence-corrected chi connectivity index (χ4v) is 2.04. The van der Waals surface area contributed by atoms with Crippen LogP contribution in [-0.4, -0.2) is 27.5 Å². The number of esters is 1. The van der Waals surface area contributed by atoms with E-state index in [0.29, 0.717) is 24.0 Å². The van der Waals surface area contributed by atoms with Crippen LogP contribution in [0.3, 0.4) is 0 Å². The van der Waals surface area contributed by atoms with Gasteiger partial charge in [-0.2, -0.15) is 0 Å². The Morgan fingerprint density at radius 3 is 3.00 bits per heavy atom. The second kappa shape index (κ2) is 4.84. The van der Waals surface area contributed by atoms with E-state index in [1.54, 1.807) is 19.3 Å². The van der Waals surface area contributed by atoms with E-state index in [9.17, 15) is 4.79 Å². The summed E-state index contributed by atoms with van der Waals surface area (Å²) in [6, 6.07) is 3.76. The molecule has 5 nitrogen and oxygen atoms in total. The number of aromatic amines is 1. The van der Waals surface area contributed by atoms with Gasteiger partial charge in [0.1, 0.15) is 11.5 Å². The van der Waals surface area contributed by atoms with Crippen molar-refractivity contribution in [3.05, 3.63) is 35.9 Å².